The minimum absolute atomic E-state index is 0.228. The number of allylic oxidation sites excluding steroid dienone is 3. The first-order chi connectivity index (χ1) is 10.4. The van der Waals surface area contributed by atoms with Crippen LogP contribution in [0.15, 0.2) is 47.4 Å². The summed E-state index contributed by atoms with van der Waals surface area (Å²) in [6, 6.07) is 9.04. The van der Waals surface area contributed by atoms with Crippen LogP contribution in [0, 0.1) is 0 Å². The Morgan fingerprint density at radius 2 is 1.82 bits per heavy atom. The fraction of sp³-hybridized carbons (Fsp3) is 0.500. The quantitative estimate of drug-likeness (QED) is 0.870. The van der Waals surface area contributed by atoms with Crippen LogP contribution in [0.1, 0.15) is 57.6 Å². The molecule has 2 bridgehead atoms. The predicted molar refractivity (Wildman–Crippen MR) is 93.3 cm³/mol. The molecule has 0 aromatic heterocycles. The van der Waals surface area contributed by atoms with Crippen LogP contribution in [0.2, 0.25) is 0 Å². The lowest BCUT2D eigenvalue weighted by Gasteiger charge is -2.36. The number of benzene rings is 1. The van der Waals surface area contributed by atoms with Crippen LogP contribution < -0.4 is 5.32 Å². The van der Waals surface area contributed by atoms with Crippen molar-refractivity contribution < 1.29 is 0 Å². The molecule has 0 atom stereocenters. The van der Waals surface area contributed by atoms with Crippen LogP contribution in [-0.4, -0.2) is 11.9 Å². The number of hydrogen-bond acceptors (Lipinski definition) is 2. The summed E-state index contributed by atoms with van der Waals surface area (Å²) < 4.78 is 0. The molecular formula is C20H28N2. The molecule has 1 fully saturated rings. The first-order valence-electron chi connectivity index (χ1n) is 8.43. The van der Waals surface area contributed by atoms with Crippen molar-refractivity contribution in [3.05, 3.63) is 58.6 Å². The van der Waals surface area contributed by atoms with Gasteiger partial charge in [0.15, 0.2) is 0 Å². The van der Waals surface area contributed by atoms with Crippen LogP contribution in [-0.2, 0) is 12.0 Å². The van der Waals surface area contributed by atoms with E-state index in [1.54, 1.807) is 0 Å². The number of rotatable bonds is 3. The van der Waals surface area contributed by atoms with Gasteiger partial charge in [-0.05, 0) is 35.8 Å². The highest BCUT2D eigenvalue weighted by Crippen LogP contribution is 2.33. The highest BCUT2D eigenvalue weighted by Gasteiger charge is 2.23. The van der Waals surface area contributed by atoms with Gasteiger partial charge in [-0.3, -0.25) is 0 Å². The standard InChI is InChI=1S/C20H28N2/c1-20(2,3)16-10-8-15(9-11-16)14-21-18-13-12-17-6-5-7-19(18)22(17)4/h8-12,21H,5-7,13-14H2,1-4H3. The third kappa shape index (κ3) is 3.06. The maximum Gasteiger partial charge on any atom is 0.0398 e. The average molecular weight is 296 g/mol. The Morgan fingerprint density at radius 1 is 1.09 bits per heavy atom. The number of hydrogen-bond donors (Lipinski definition) is 1. The summed E-state index contributed by atoms with van der Waals surface area (Å²) in [4.78, 5) is 2.39. The zero-order chi connectivity index (χ0) is 15.7. The highest BCUT2D eigenvalue weighted by molar-refractivity contribution is 5.30. The van der Waals surface area contributed by atoms with Crippen molar-refractivity contribution in [2.24, 2.45) is 0 Å². The van der Waals surface area contributed by atoms with Gasteiger partial charge in [0.25, 0.3) is 0 Å². The molecular weight excluding hydrogens is 268 g/mol. The molecule has 118 valence electrons. The molecule has 1 N–H and O–H groups in total. The molecule has 3 rings (SSSR count). The van der Waals surface area contributed by atoms with Gasteiger partial charge in [-0.2, -0.15) is 0 Å². The first kappa shape index (κ1) is 15.2. The van der Waals surface area contributed by atoms with E-state index in [-0.39, 0.29) is 5.41 Å². The van der Waals surface area contributed by atoms with Crippen molar-refractivity contribution in [2.45, 2.75) is 58.4 Å². The SMILES string of the molecule is CN1C2=CCC(NCc3ccc(C(C)(C)C)cc3)=C1CCC2. The Labute approximate surface area is 134 Å². The Balaban J connectivity index is 1.67. The summed E-state index contributed by atoms with van der Waals surface area (Å²) in [6.07, 6.45) is 7.18. The third-order valence-electron chi connectivity index (χ3n) is 4.90. The van der Waals surface area contributed by atoms with Gasteiger partial charge in [-0.1, -0.05) is 51.1 Å². The smallest absolute Gasteiger partial charge is 0.0398 e. The molecule has 0 unspecified atom stereocenters. The Bertz CT molecular complexity index is 600. The molecule has 2 heterocycles. The molecule has 0 spiro atoms. The highest BCUT2D eigenvalue weighted by atomic mass is 15.2. The van der Waals surface area contributed by atoms with Crippen molar-refractivity contribution in [2.75, 3.05) is 7.05 Å². The number of nitrogens with zero attached hydrogens (tertiary/aromatic N) is 1. The molecule has 1 saturated heterocycles. The van der Waals surface area contributed by atoms with Crippen LogP contribution in [0.25, 0.3) is 0 Å². The average Bonchev–Trinajstić information content (AvgIpc) is 2.46. The van der Waals surface area contributed by atoms with E-state index in [4.69, 9.17) is 0 Å². The van der Waals surface area contributed by atoms with E-state index in [9.17, 15) is 0 Å². The second-order valence-corrected chi connectivity index (χ2v) is 7.54. The molecule has 0 aliphatic carbocycles. The van der Waals surface area contributed by atoms with Gasteiger partial charge in [0.1, 0.15) is 0 Å². The van der Waals surface area contributed by atoms with Crippen molar-refractivity contribution in [1.29, 1.82) is 0 Å². The molecule has 1 aromatic carbocycles. The first-order valence-corrected chi connectivity index (χ1v) is 8.43. The molecule has 2 heteroatoms. The lowest BCUT2D eigenvalue weighted by Crippen LogP contribution is -2.30. The second kappa shape index (κ2) is 5.83. The molecule has 0 saturated carbocycles. The summed E-state index contributed by atoms with van der Waals surface area (Å²) in [5.74, 6) is 0. The monoisotopic (exact) mass is 296 g/mol. The normalized spacial score (nSPS) is 18.4. The van der Waals surface area contributed by atoms with Crippen molar-refractivity contribution in [3.63, 3.8) is 0 Å². The fourth-order valence-electron chi connectivity index (χ4n) is 3.38. The number of fused-ring (bicyclic) bond motifs is 2. The van der Waals surface area contributed by atoms with Gasteiger partial charge in [0.05, 0.1) is 0 Å². The van der Waals surface area contributed by atoms with Crippen molar-refractivity contribution in [1.82, 2.24) is 10.2 Å². The largest absolute Gasteiger partial charge is 0.383 e. The zero-order valence-electron chi connectivity index (χ0n) is 14.4. The summed E-state index contributed by atoms with van der Waals surface area (Å²) in [7, 11) is 2.21. The summed E-state index contributed by atoms with van der Waals surface area (Å²) >= 11 is 0. The Hall–Kier alpha value is -1.70. The Kier molecular flexibility index (Phi) is 4.03. The Morgan fingerprint density at radius 3 is 2.50 bits per heavy atom. The lowest BCUT2D eigenvalue weighted by atomic mass is 9.87. The minimum Gasteiger partial charge on any atom is -0.383 e. The van der Waals surface area contributed by atoms with Crippen LogP contribution in [0.4, 0.5) is 0 Å². The number of nitrogens with one attached hydrogen (secondary N) is 1. The minimum atomic E-state index is 0.228. The van der Waals surface area contributed by atoms with Crippen LogP contribution in [0.5, 0.6) is 0 Å². The van der Waals surface area contributed by atoms with Crippen molar-refractivity contribution >= 4 is 0 Å². The van der Waals surface area contributed by atoms with Gasteiger partial charge >= 0.3 is 0 Å². The van der Waals surface area contributed by atoms with Gasteiger partial charge in [0.2, 0.25) is 0 Å². The van der Waals surface area contributed by atoms with E-state index in [1.807, 2.05) is 0 Å². The van der Waals surface area contributed by atoms with Gasteiger partial charge in [-0.15, -0.1) is 0 Å². The van der Waals surface area contributed by atoms with E-state index in [1.165, 1.54) is 47.5 Å². The third-order valence-corrected chi connectivity index (χ3v) is 4.90. The number of piperidine rings is 1. The second-order valence-electron chi connectivity index (χ2n) is 7.54. The molecule has 0 radical (unpaired) electrons. The topological polar surface area (TPSA) is 15.3 Å². The molecule has 22 heavy (non-hydrogen) atoms. The van der Waals surface area contributed by atoms with Crippen molar-refractivity contribution in [3.8, 4) is 0 Å². The van der Waals surface area contributed by atoms with Crippen LogP contribution in [0.3, 0.4) is 0 Å². The van der Waals surface area contributed by atoms with E-state index < -0.39 is 0 Å². The van der Waals surface area contributed by atoms with Gasteiger partial charge in [0, 0.05) is 37.1 Å². The lowest BCUT2D eigenvalue weighted by molar-refractivity contribution is 0.395. The molecule has 2 nitrogen and oxygen atoms in total. The molecule has 1 aromatic rings. The van der Waals surface area contributed by atoms with E-state index in [0.29, 0.717) is 0 Å². The van der Waals surface area contributed by atoms with E-state index in [2.05, 4.69) is 68.4 Å². The van der Waals surface area contributed by atoms with E-state index in [0.717, 1.165) is 13.0 Å². The van der Waals surface area contributed by atoms with Gasteiger partial charge in [-0.25, -0.2) is 0 Å². The van der Waals surface area contributed by atoms with Gasteiger partial charge < -0.3 is 10.2 Å². The predicted octanol–water partition coefficient (Wildman–Crippen LogP) is 4.69. The molecule has 0 amide bonds. The zero-order valence-corrected chi connectivity index (χ0v) is 14.4. The maximum atomic E-state index is 3.68. The summed E-state index contributed by atoms with van der Waals surface area (Å²) in [5, 5.41) is 3.68. The van der Waals surface area contributed by atoms with E-state index >= 15 is 0 Å². The summed E-state index contributed by atoms with van der Waals surface area (Å²) in [6.45, 7) is 7.70. The maximum absolute atomic E-state index is 3.68. The molecule has 2 aliphatic rings. The fourth-order valence-corrected chi connectivity index (χ4v) is 3.38. The summed E-state index contributed by atoms with van der Waals surface area (Å²) in [5.41, 5.74) is 7.39. The molecule has 2 aliphatic heterocycles. The van der Waals surface area contributed by atoms with Crippen LogP contribution >= 0.6 is 0 Å².